The predicted octanol–water partition coefficient (Wildman–Crippen LogP) is 3.12. The third kappa shape index (κ3) is 5.34. The van der Waals surface area contributed by atoms with Crippen LogP contribution in [0.2, 0.25) is 10.0 Å². The molecule has 2 aromatic rings. The number of nitrogens with one attached hydrogen (secondary N) is 1. The second kappa shape index (κ2) is 8.69. The number of hydrogen-bond acceptors (Lipinski definition) is 3. The van der Waals surface area contributed by atoms with Crippen molar-refractivity contribution in [3.8, 4) is 0 Å². The van der Waals surface area contributed by atoms with Gasteiger partial charge in [0, 0.05) is 23.7 Å². The molecule has 1 aromatic carbocycles. The Morgan fingerprint density at radius 3 is 2.48 bits per heavy atom. The topological polar surface area (TPSA) is 76.4 Å². The van der Waals surface area contributed by atoms with Gasteiger partial charge in [-0.25, -0.2) is 0 Å². The molecule has 0 bridgehead atoms. The first-order valence-corrected chi connectivity index (χ1v) is 8.39. The lowest BCUT2D eigenvalue weighted by Crippen LogP contribution is -2.39. The minimum atomic E-state index is -0.374. The first-order valence-electron chi connectivity index (χ1n) is 7.63. The van der Waals surface area contributed by atoms with Gasteiger partial charge in [-0.1, -0.05) is 30.1 Å². The summed E-state index contributed by atoms with van der Waals surface area (Å²) in [5, 5.41) is 14.5. The summed E-state index contributed by atoms with van der Waals surface area (Å²) in [5.74, 6) is -0.694. The van der Waals surface area contributed by atoms with Crippen LogP contribution in [0, 0.1) is 5.21 Å². The van der Waals surface area contributed by atoms with Gasteiger partial charge in [0.1, 0.15) is 6.54 Å². The Morgan fingerprint density at radius 2 is 1.88 bits per heavy atom. The first-order chi connectivity index (χ1) is 11.9. The number of carbonyl (C=O) groups is 2. The molecule has 0 aliphatic carbocycles. The SMILES string of the molecule is CCCN(CC(=O)Nc1ccc(Cl)cc1Cl)C(=O)c1cc[n+]([O-])cc1. The van der Waals surface area contributed by atoms with Gasteiger partial charge in [0.2, 0.25) is 5.91 Å². The summed E-state index contributed by atoms with van der Waals surface area (Å²) in [5.41, 5.74) is 0.768. The number of halogens is 2. The van der Waals surface area contributed by atoms with Crippen molar-refractivity contribution in [3.63, 3.8) is 0 Å². The highest BCUT2D eigenvalue weighted by Gasteiger charge is 2.19. The van der Waals surface area contributed by atoms with Gasteiger partial charge in [0.25, 0.3) is 5.91 Å². The minimum Gasteiger partial charge on any atom is -0.619 e. The Bertz CT molecular complexity index is 766. The van der Waals surface area contributed by atoms with Gasteiger partial charge in [-0.15, -0.1) is 0 Å². The number of anilines is 1. The van der Waals surface area contributed by atoms with E-state index in [2.05, 4.69) is 5.32 Å². The normalized spacial score (nSPS) is 10.4. The van der Waals surface area contributed by atoms with Crippen molar-refractivity contribution in [2.75, 3.05) is 18.4 Å². The molecule has 0 aliphatic heterocycles. The lowest BCUT2D eigenvalue weighted by atomic mass is 10.2. The zero-order valence-corrected chi connectivity index (χ0v) is 15.0. The van der Waals surface area contributed by atoms with E-state index >= 15 is 0 Å². The van der Waals surface area contributed by atoms with Crippen LogP contribution >= 0.6 is 23.2 Å². The van der Waals surface area contributed by atoms with Crippen LogP contribution < -0.4 is 10.0 Å². The van der Waals surface area contributed by atoms with Gasteiger partial charge in [-0.05, 0) is 24.6 Å². The summed E-state index contributed by atoms with van der Waals surface area (Å²) in [7, 11) is 0. The van der Waals surface area contributed by atoms with E-state index in [4.69, 9.17) is 23.2 Å². The van der Waals surface area contributed by atoms with Gasteiger partial charge in [0.05, 0.1) is 16.3 Å². The van der Waals surface area contributed by atoms with Crippen molar-refractivity contribution >= 4 is 40.7 Å². The quantitative estimate of drug-likeness (QED) is 0.616. The largest absolute Gasteiger partial charge is 0.619 e. The number of amides is 2. The molecule has 2 rings (SSSR count). The molecule has 1 N–H and O–H groups in total. The maximum Gasteiger partial charge on any atom is 0.254 e. The Balaban J connectivity index is 2.08. The molecule has 25 heavy (non-hydrogen) atoms. The number of hydrogen-bond donors (Lipinski definition) is 1. The highest BCUT2D eigenvalue weighted by molar-refractivity contribution is 6.36. The number of aromatic nitrogens is 1. The second-order valence-electron chi connectivity index (χ2n) is 5.35. The zero-order valence-electron chi connectivity index (χ0n) is 13.5. The van der Waals surface area contributed by atoms with E-state index in [1.54, 1.807) is 12.1 Å². The summed E-state index contributed by atoms with van der Waals surface area (Å²) in [6.07, 6.45) is 3.17. The molecule has 0 fully saturated rings. The van der Waals surface area contributed by atoms with Crippen molar-refractivity contribution < 1.29 is 14.3 Å². The molecule has 6 nitrogen and oxygen atoms in total. The number of pyridine rings is 1. The Kier molecular flexibility index (Phi) is 6.61. The molecule has 0 atom stereocenters. The maximum atomic E-state index is 12.5. The van der Waals surface area contributed by atoms with Gasteiger partial charge < -0.3 is 15.4 Å². The van der Waals surface area contributed by atoms with Gasteiger partial charge in [-0.2, -0.15) is 4.73 Å². The molecule has 0 aliphatic rings. The molecule has 1 aromatic heterocycles. The van der Waals surface area contributed by atoms with Crippen LogP contribution in [0.5, 0.6) is 0 Å². The van der Waals surface area contributed by atoms with E-state index in [0.29, 0.717) is 39.0 Å². The molecular formula is C17H17Cl2N3O3. The summed E-state index contributed by atoms with van der Waals surface area (Å²) in [4.78, 5) is 26.2. The lowest BCUT2D eigenvalue weighted by Gasteiger charge is -2.21. The molecule has 2 amide bonds. The van der Waals surface area contributed by atoms with Crippen LogP contribution in [0.4, 0.5) is 5.69 Å². The molecule has 0 unspecified atom stereocenters. The van der Waals surface area contributed by atoms with Crippen LogP contribution in [-0.2, 0) is 4.79 Å². The Hall–Kier alpha value is -2.31. The van der Waals surface area contributed by atoms with Crippen LogP contribution in [0.25, 0.3) is 0 Å². The highest BCUT2D eigenvalue weighted by Crippen LogP contribution is 2.25. The van der Waals surface area contributed by atoms with Crippen molar-refractivity contribution in [1.29, 1.82) is 0 Å². The molecule has 1 heterocycles. The van der Waals surface area contributed by atoms with Crippen LogP contribution in [0.15, 0.2) is 42.7 Å². The van der Waals surface area contributed by atoms with E-state index in [-0.39, 0.29) is 18.4 Å². The lowest BCUT2D eigenvalue weighted by molar-refractivity contribution is -0.605. The van der Waals surface area contributed by atoms with Crippen LogP contribution in [0.1, 0.15) is 23.7 Å². The third-order valence-electron chi connectivity index (χ3n) is 3.37. The number of nitrogens with zero attached hydrogens (tertiary/aromatic N) is 2. The van der Waals surface area contributed by atoms with Crippen molar-refractivity contribution in [2.24, 2.45) is 0 Å². The summed E-state index contributed by atoms with van der Waals surface area (Å²) in [6.45, 7) is 2.19. The fraction of sp³-hybridized carbons (Fsp3) is 0.235. The molecular weight excluding hydrogens is 365 g/mol. The molecule has 132 valence electrons. The molecule has 0 spiro atoms. The third-order valence-corrected chi connectivity index (χ3v) is 3.92. The fourth-order valence-corrected chi connectivity index (χ4v) is 2.67. The average Bonchev–Trinajstić information content (AvgIpc) is 2.57. The summed E-state index contributed by atoms with van der Waals surface area (Å²) < 4.78 is 0.593. The number of benzene rings is 1. The number of rotatable bonds is 6. The summed E-state index contributed by atoms with van der Waals surface area (Å²) >= 11 is 11.9. The average molecular weight is 382 g/mol. The second-order valence-corrected chi connectivity index (χ2v) is 6.19. The number of carbonyl (C=O) groups excluding carboxylic acids is 2. The van der Waals surface area contributed by atoms with E-state index in [0.717, 1.165) is 0 Å². The van der Waals surface area contributed by atoms with E-state index < -0.39 is 0 Å². The van der Waals surface area contributed by atoms with Gasteiger partial charge >= 0.3 is 0 Å². The predicted molar refractivity (Wildman–Crippen MR) is 96.7 cm³/mol. The Morgan fingerprint density at radius 1 is 1.20 bits per heavy atom. The maximum absolute atomic E-state index is 12.5. The van der Waals surface area contributed by atoms with E-state index in [9.17, 15) is 14.8 Å². The molecule has 8 heteroatoms. The van der Waals surface area contributed by atoms with Crippen LogP contribution in [0.3, 0.4) is 0 Å². The Labute approximate surface area is 155 Å². The van der Waals surface area contributed by atoms with Gasteiger partial charge in [0.15, 0.2) is 12.4 Å². The highest BCUT2D eigenvalue weighted by atomic mass is 35.5. The molecule has 0 saturated heterocycles. The first kappa shape index (κ1) is 19.0. The van der Waals surface area contributed by atoms with Crippen molar-refractivity contribution in [3.05, 3.63) is 63.5 Å². The van der Waals surface area contributed by atoms with Crippen molar-refractivity contribution in [2.45, 2.75) is 13.3 Å². The monoisotopic (exact) mass is 381 g/mol. The molecule has 0 radical (unpaired) electrons. The summed E-state index contributed by atoms with van der Waals surface area (Å²) in [6, 6.07) is 7.58. The molecule has 0 saturated carbocycles. The van der Waals surface area contributed by atoms with E-state index in [1.807, 2.05) is 6.92 Å². The zero-order chi connectivity index (χ0) is 18.4. The van der Waals surface area contributed by atoms with E-state index in [1.165, 1.54) is 35.5 Å². The van der Waals surface area contributed by atoms with Crippen LogP contribution in [-0.4, -0.2) is 29.8 Å². The fourth-order valence-electron chi connectivity index (χ4n) is 2.21. The smallest absolute Gasteiger partial charge is 0.254 e. The van der Waals surface area contributed by atoms with Gasteiger partial charge in [-0.3, -0.25) is 9.59 Å². The van der Waals surface area contributed by atoms with Crippen molar-refractivity contribution in [1.82, 2.24) is 4.90 Å². The minimum absolute atomic E-state index is 0.127. The standard InChI is InChI=1S/C17H17Cl2N3O3/c1-2-7-21(17(24)12-5-8-22(25)9-6-12)11-16(23)20-15-4-3-13(18)10-14(15)19/h3-6,8-10H,2,7,11H2,1H3,(H,20,23).